The zero-order valence-electron chi connectivity index (χ0n) is 34.7. The Kier molecular flexibility index (Phi) is 8.46. The highest BCUT2D eigenvalue weighted by atomic mass is 16.6. The molecule has 7 aromatic rings. The van der Waals surface area contributed by atoms with Crippen molar-refractivity contribution in [3.05, 3.63) is 206 Å². The van der Waals surface area contributed by atoms with Gasteiger partial charge in [-0.3, -0.25) is 10.1 Å². The lowest BCUT2D eigenvalue weighted by Gasteiger charge is -2.46. The van der Waals surface area contributed by atoms with E-state index in [0.29, 0.717) is 5.69 Å². The fourth-order valence-electron chi connectivity index (χ4n) is 9.81. The van der Waals surface area contributed by atoms with Crippen molar-refractivity contribution in [3.8, 4) is 33.4 Å². The van der Waals surface area contributed by atoms with Gasteiger partial charge in [-0.1, -0.05) is 195 Å². The molecule has 7 aromatic carbocycles. The molecular formula is C54H50N2O2. The zero-order valence-corrected chi connectivity index (χ0v) is 34.7. The first-order valence-electron chi connectivity index (χ1n) is 20.4. The lowest BCUT2D eigenvalue weighted by Crippen LogP contribution is -2.40. The molecular weight excluding hydrogens is 709 g/mol. The molecule has 0 fully saturated rings. The summed E-state index contributed by atoms with van der Waals surface area (Å²) >= 11 is 0. The molecule has 2 aliphatic rings. The molecule has 9 rings (SSSR count). The van der Waals surface area contributed by atoms with E-state index < -0.39 is 5.41 Å². The Morgan fingerprint density at radius 3 is 1.57 bits per heavy atom. The third-order valence-electron chi connectivity index (χ3n) is 12.8. The highest BCUT2D eigenvalue weighted by Crippen LogP contribution is 2.63. The topological polar surface area (TPSA) is 55.2 Å². The Morgan fingerprint density at radius 1 is 0.500 bits per heavy atom. The third-order valence-corrected chi connectivity index (χ3v) is 12.8. The van der Waals surface area contributed by atoms with Crippen LogP contribution in [0.25, 0.3) is 33.4 Å². The number of nitro groups is 1. The first kappa shape index (κ1) is 37.3. The Bertz CT molecular complexity index is 2710. The first-order valence-corrected chi connectivity index (χ1v) is 20.4. The van der Waals surface area contributed by atoms with Gasteiger partial charge in [-0.15, -0.1) is 0 Å². The fraction of sp³-hybridized carbons (Fsp3) is 0.222. The monoisotopic (exact) mass is 758 g/mol. The van der Waals surface area contributed by atoms with Gasteiger partial charge in [0.1, 0.15) is 5.69 Å². The van der Waals surface area contributed by atoms with Crippen LogP contribution in [0.15, 0.2) is 152 Å². The van der Waals surface area contributed by atoms with Crippen molar-refractivity contribution in [2.45, 2.75) is 77.0 Å². The predicted octanol–water partition coefficient (Wildman–Crippen LogP) is 14.3. The highest BCUT2D eigenvalue weighted by molar-refractivity contribution is 6.02. The molecule has 0 amide bonds. The minimum Gasteiger partial charge on any atom is -0.349 e. The molecule has 0 saturated carbocycles. The summed E-state index contributed by atoms with van der Waals surface area (Å²) in [6.45, 7) is 18.2. The number of nitro benzene ring substituents is 1. The number of rotatable bonds is 5. The molecule has 1 spiro atoms. The number of nitrogens with zero attached hydrogens (tertiary/aromatic N) is 1. The standard InChI is InChI=1S/C54H50N2O2/c1-51(2,3)35-31-34(32-36(33-35)52(4,5)6)37-20-17-22-39(50(37)55-47-29-15-16-30-48(47)56(57)58)38-21-18-28-46-49(38)40-19-9-10-23-41(40)54(46)44-26-13-11-24-42(44)53(7,8)43-25-12-14-27-45(43)54/h9-33,55H,1-8H3. The summed E-state index contributed by atoms with van der Waals surface area (Å²) in [4.78, 5) is 12.2. The number of hydrogen-bond acceptors (Lipinski definition) is 3. The van der Waals surface area contributed by atoms with Crippen LogP contribution in [0.3, 0.4) is 0 Å². The van der Waals surface area contributed by atoms with Crippen LogP contribution < -0.4 is 5.32 Å². The van der Waals surface area contributed by atoms with Crippen LogP contribution >= 0.6 is 0 Å². The van der Waals surface area contributed by atoms with Crippen molar-refractivity contribution in [2.24, 2.45) is 0 Å². The molecule has 58 heavy (non-hydrogen) atoms. The Hall–Kier alpha value is -6.26. The molecule has 0 unspecified atom stereocenters. The second-order valence-corrected chi connectivity index (χ2v) is 18.7. The molecule has 4 heteroatoms. The summed E-state index contributed by atoms with van der Waals surface area (Å²) in [6.07, 6.45) is 0. The second kappa shape index (κ2) is 13.1. The van der Waals surface area contributed by atoms with E-state index in [2.05, 4.69) is 188 Å². The molecule has 0 aliphatic heterocycles. The number of nitrogens with one attached hydrogen (secondary N) is 1. The van der Waals surface area contributed by atoms with Gasteiger partial charge in [0.15, 0.2) is 0 Å². The van der Waals surface area contributed by atoms with Crippen molar-refractivity contribution in [1.82, 2.24) is 0 Å². The summed E-state index contributed by atoms with van der Waals surface area (Å²) in [7, 11) is 0. The fourth-order valence-corrected chi connectivity index (χ4v) is 9.81. The second-order valence-electron chi connectivity index (χ2n) is 18.7. The summed E-state index contributed by atoms with van der Waals surface area (Å²) in [5.74, 6) is 0. The first-order chi connectivity index (χ1) is 27.6. The smallest absolute Gasteiger partial charge is 0.292 e. The number of hydrogen-bond donors (Lipinski definition) is 1. The average molecular weight is 759 g/mol. The van der Waals surface area contributed by atoms with Gasteiger partial charge in [0, 0.05) is 22.6 Å². The summed E-state index contributed by atoms with van der Waals surface area (Å²) in [5.41, 5.74) is 17.1. The maximum absolute atomic E-state index is 12.5. The summed E-state index contributed by atoms with van der Waals surface area (Å²) in [6, 6.07) is 54.1. The van der Waals surface area contributed by atoms with E-state index in [-0.39, 0.29) is 26.9 Å². The molecule has 0 atom stereocenters. The lowest BCUT2D eigenvalue weighted by molar-refractivity contribution is -0.383. The van der Waals surface area contributed by atoms with Crippen molar-refractivity contribution in [1.29, 1.82) is 0 Å². The van der Waals surface area contributed by atoms with Crippen LogP contribution in [0.5, 0.6) is 0 Å². The van der Waals surface area contributed by atoms with Gasteiger partial charge in [-0.25, -0.2) is 0 Å². The molecule has 0 saturated heterocycles. The van der Waals surface area contributed by atoms with E-state index in [1.54, 1.807) is 12.1 Å². The number of fused-ring (bicyclic) bond motifs is 9. The van der Waals surface area contributed by atoms with Gasteiger partial charge in [-0.05, 0) is 83.7 Å². The van der Waals surface area contributed by atoms with Crippen LogP contribution in [0, 0.1) is 10.1 Å². The van der Waals surface area contributed by atoms with E-state index in [0.717, 1.165) is 27.9 Å². The van der Waals surface area contributed by atoms with Gasteiger partial charge >= 0.3 is 0 Å². The number of benzene rings is 7. The summed E-state index contributed by atoms with van der Waals surface area (Å²) in [5, 5.41) is 16.2. The van der Waals surface area contributed by atoms with Crippen molar-refractivity contribution in [2.75, 3.05) is 5.32 Å². The van der Waals surface area contributed by atoms with Crippen molar-refractivity contribution in [3.63, 3.8) is 0 Å². The van der Waals surface area contributed by atoms with E-state index in [1.807, 2.05) is 12.1 Å². The van der Waals surface area contributed by atoms with Crippen LogP contribution in [-0.2, 0) is 21.7 Å². The predicted molar refractivity (Wildman–Crippen MR) is 241 cm³/mol. The molecule has 4 nitrogen and oxygen atoms in total. The van der Waals surface area contributed by atoms with Crippen LogP contribution in [0.1, 0.15) is 99.9 Å². The highest BCUT2D eigenvalue weighted by Gasteiger charge is 2.53. The van der Waals surface area contributed by atoms with Crippen molar-refractivity contribution >= 4 is 17.1 Å². The largest absolute Gasteiger partial charge is 0.349 e. The molecule has 288 valence electrons. The molecule has 0 heterocycles. The van der Waals surface area contributed by atoms with Gasteiger partial charge in [0.25, 0.3) is 5.69 Å². The maximum atomic E-state index is 12.5. The Morgan fingerprint density at radius 2 is 0.966 bits per heavy atom. The molecule has 0 radical (unpaired) electrons. The normalized spacial score (nSPS) is 14.6. The third kappa shape index (κ3) is 5.56. The summed E-state index contributed by atoms with van der Waals surface area (Å²) < 4.78 is 0. The average Bonchev–Trinajstić information content (AvgIpc) is 3.51. The van der Waals surface area contributed by atoms with Gasteiger partial charge in [0.2, 0.25) is 0 Å². The molecule has 0 bridgehead atoms. The van der Waals surface area contributed by atoms with Crippen LogP contribution in [0.4, 0.5) is 17.1 Å². The molecule has 2 aliphatic carbocycles. The Balaban J connectivity index is 1.38. The quantitative estimate of drug-likeness (QED) is 0.140. The van der Waals surface area contributed by atoms with E-state index in [4.69, 9.17) is 0 Å². The maximum Gasteiger partial charge on any atom is 0.292 e. The minimum absolute atomic E-state index is 0.0303. The van der Waals surface area contributed by atoms with Crippen molar-refractivity contribution < 1.29 is 4.92 Å². The van der Waals surface area contributed by atoms with Gasteiger partial charge in [-0.2, -0.15) is 0 Å². The lowest BCUT2D eigenvalue weighted by atomic mass is 9.55. The van der Waals surface area contributed by atoms with Gasteiger partial charge in [0.05, 0.1) is 16.0 Å². The zero-order chi connectivity index (χ0) is 40.8. The Labute approximate surface area is 342 Å². The number of anilines is 2. The van der Waals surface area contributed by atoms with Crippen LogP contribution in [-0.4, -0.2) is 4.92 Å². The SMILES string of the molecule is CC(C)(C)c1cc(-c2cccc(-c3cccc4c3-c3ccccc3C43c4ccccc4C(C)(C)c4ccccc43)c2Nc2ccccc2[N+](=O)[O-])cc(C(C)(C)C)c1. The number of para-hydroxylation sites is 3. The van der Waals surface area contributed by atoms with Crippen LogP contribution in [0.2, 0.25) is 0 Å². The van der Waals surface area contributed by atoms with E-state index in [9.17, 15) is 10.1 Å². The van der Waals surface area contributed by atoms with E-state index >= 15 is 0 Å². The van der Waals surface area contributed by atoms with Gasteiger partial charge < -0.3 is 5.32 Å². The molecule has 1 N–H and O–H groups in total. The molecule has 0 aromatic heterocycles. The van der Waals surface area contributed by atoms with E-state index in [1.165, 1.54) is 55.6 Å². The minimum atomic E-state index is -0.545.